The Kier molecular flexibility index (Phi) is 4.83. The van der Waals surface area contributed by atoms with Gasteiger partial charge in [0.25, 0.3) is 5.91 Å². The lowest BCUT2D eigenvalue weighted by atomic mass is 10.00. The first-order valence-electron chi connectivity index (χ1n) is 9.18. The molecule has 1 aliphatic heterocycles. The number of anilines is 1. The summed E-state index contributed by atoms with van der Waals surface area (Å²) in [5, 5.41) is 11.3. The lowest BCUT2D eigenvalue weighted by Crippen LogP contribution is -2.31. The smallest absolute Gasteiger partial charge is 0.272 e. The highest BCUT2D eigenvalue weighted by Crippen LogP contribution is 2.22. The molecule has 0 spiro atoms. The Bertz CT molecular complexity index is 953. The lowest BCUT2D eigenvalue weighted by molar-refractivity contribution is 0.0945. The van der Waals surface area contributed by atoms with Gasteiger partial charge in [0.15, 0.2) is 11.5 Å². The fraction of sp³-hybridized carbons (Fsp3) is 0.227. The maximum atomic E-state index is 12.3. The molecule has 2 aromatic carbocycles. The van der Waals surface area contributed by atoms with Crippen molar-refractivity contribution >= 4 is 11.7 Å². The minimum Gasteiger partial charge on any atom is -0.350 e. The van der Waals surface area contributed by atoms with Crippen molar-refractivity contribution in [2.45, 2.75) is 26.4 Å². The van der Waals surface area contributed by atoms with Crippen LogP contribution in [0.1, 0.15) is 32.7 Å². The molecule has 0 saturated heterocycles. The fourth-order valence-electron chi connectivity index (χ4n) is 3.40. The standard InChI is InChI=1S/C22H22N4O/c1-16-5-4-6-17(13-16)14-23-22(27)20-9-10-21(25-24-20)26-12-11-18-7-2-3-8-19(18)15-26/h2-10,13H,11-12,14-15H2,1H3,(H,23,27). The van der Waals surface area contributed by atoms with Crippen molar-refractivity contribution in [3.05, 3.63) is 88.6 Å². The minimum atomic E-state index is -0.209. The summed E-state index contributed by atoms with van der Waals surface area (Å²) in [6.07, 6.45) is 0.997. The lowest BCUT2D eigenvalue weighted by Gasteiger charge is -2.29. The predicted octanol–water partition coefficient (Wildman–Crippen LogP) is 3.28. The van der Waals surface area contributed by atoms with E-state index in [1.165, 1.54) is 16.7 Å². The second kappa shape index (κ2) is 7.58. The molecule has 1 aromatic heterocycles. The fourth-order valence-corrected chi connectivity index (χ4v) is 3.40. The van der Waals surface area contributed by atoms with Crippen LogP contribution in [0, 0.1) is 6.92 Å². The van der Waals surface area contributed by atoms with Gasteiger partial charge >= 0.3 is 0 Å². The molecule has 0 saturated carbocycles. The van der Waals surface area contributed by atoms with Gasteiger partial charge in [-0.1, -0.05) is 54.1 Å². The third-order valence-corrected chi connectivity index (χ3v) is 4.87. The van der Waals surface area contributed by atoms with Crippen LogP contribution in [0.2, 0.25) is 0 Å². The van der Waals surface area contributed by atoms with E-state index in [0.717, 1.165) is 30.9 Å². The van der Waals surface area contributed by atoms with E-state index in [-0.39, 0.29) is 5.91 Å². The number of aromatic nitrogens is 2. The number of amides is 1. The molecule has 136 valence electrons. The van der Waals surface area contributed by atoms with Crippen molar-refractivity contribution in [3.8, 4) is 0 Å². The molecule has 5 nitrogen and oxygen atoms in total. The third-order valence-electron chi connectivity index (χ3n) is 4.87. The Morgan fingerprint density at radius 1 is 1.04 bits per heavy atom. The van der Waals surface area contributed by atoms with E-state index in [1.807, 2.05) is 31.2 Å². The normalized spacial score (nSPS) is 13.1. The van der Waals surface area contributed by atoms with Gasteiger partial charge in [0, 0.05) is 19.6 Å². The molecule has 3 aromatic rings. The molecule has 4 rings (SSSR count). The molecule has 0 fully saturated rings. The molecule has 1 amide bonds. The number of nitrogens with zero attached hydrogens (tertiary/aromatic N) is 3. The first kappa shape index (κ1) is 17.2. The Balaban J connectivity index is 1.39. The maximum absolute atomic E-state index is 12.3. The number of fused-ring (bicyclic) bond motifs is 1. The van der Waals surface area contributed by atoms with Crippen LogP contribution >= 0.6 is 0 Å². The van der Waals surface area contributed by atoms with Gasteiger partial charge < -0.3 is 10.2 Å². The highest BCUT2D eigenvalue weighted by atomic mass is 16.1. The zero-order chi connectivity index (χ0) is 18.6. The zero-order valence-corrected chi connectivity index (χ0v) is 15.4. The van der Waals surface area contributed by atoms with Crippen molar-refractivity contribution in [1.29, 1.82) is 0 Å². The van der Waals surface area contributed by atoms with Crippen LogP contribution < -0.4 is 10.2 Å². The maximum Gasteiger partial charge on any atom is 0.272 e. The summed E-state index contributed by atoms with van der Waals surface area (Å²) in [6, 6.07) is 20.2. The summed E-state index contributed by atoms with van der Waals surface area (Å²) in [7, 11) is 0. The number of hydrogen-bond acceptors (Lipinski definition) is 4. The van der Waals surface area contributed by atoms with Crippen molar-refractivity contribution in [3.63, 3.8) is 0 Å². The van der Waals surface area contributed by atoms with Gasteiger partial charge in [-0.3, -0.25) is 4.79 Å². The van der Waals surface area contributed by atoms with Crippen LogP contribution in [-0.2, 0) is 19.5 Å². The molecule has 0 radical (unpaired) electrons. The molecule has 5 heteroatoms. The molecule has 0 unspecified atom stereocenters. The second-order valence-corrected chi connectivity index (χ2v) is 6.89. The number of rotatable bonds is 4. The Morgan fingerprint density at radius 2 is 1.89 bits per heavy atom. The van der Waals surface area contributed by atoms with E-state index < -0.39 is 0 Å². The highest BCUT2D eigenvalue weighted by Gasteiger charge is 2.18. The van der Waals surface area contributed by atoms with Gasteiger partial charge in [-0.05, 0) is 42.2 Å². The van der Waals surface area contributed by atoms with E-state index in [4.69, 9.17) is 0 Å². The van der Waals surface area contributed by atoms with E-state index in [1.54, 1.807) is 6.07 Å². The summed E-state index contributed by atoms with van der Waals surface area (Å²) in [4.78, 5) is 14.5. The molecular formula is C22H22N4O. The van der Waals surface area contributed by atoms with Gasteiger partial charge in [0.1, 0.15) is 0 Å². The summed E-state index contributed by atoms with van der Waals surface area (Å²) in [5.41, 5.74) is 5.30. The van der Waals surface area contributed by atoms with Crippen LogP contribution in [0.3, 0.4) is 0 Å². The quantitative estimate of drug-likeness (QED) is 0.778. The topological polar surface area (TPSA) is 58.1 Å². The largest absolute Gasteiger partial charge is 0.350 e. The average molecular weight is 358 g/mol. The van der Waals surface area contributed by atoms with Gasteiger partial charge in [-0.25, -0.2) is 0 Å². The number of carbonyl (C=O) groups excluding carboxylic acids is 1. The van der Waals surface area contributed by atoms with E-state index in [9.17, 15) is 4.79 Å². The number of nitrogens with one attached hydrogen (secondary N) is 1. The Hall–Kier alpha value is -3.21. The van der Waals surface area contributed by atoms with Crippen LogP contribution in [0.25, 0.3) is 0 Å². The summed E-state index contributed by atoms with van der Waals surface area (Å²) < 4.78 is 0. The summed E-state index contributed by atoms with van der Waals surface area (Å²) in [6.45, 7) is 4.25. The predicted molar refractivity (Wildman–Crippen MR) is 106 cm³/mol. The molecular weight excluding hydrogens is 336 g/mol. The third kappa shape index (κ3) is 3.97. The first-order chi connectivity index (χ1) is 13.2. The van der Waals surface area contributed by atoms with Gasteiger partial charge in [0.2, 0.25) is 0 Å². The molecule has 0 bridgehead atoms. The van der Waals surface area contributed by atoms with E-state index in [0.29, 0.717) is 12.2 Å². The van der Waals surface area contributed by atoms with E-state index >= 15 is 0 Å². The molecule has 1 aliphatic rings. The van der Waals surface area contributed by atoms with Crippen molar-refractivity contribution in [2.75, 3.05) is 11.4 Å². The molecule has 0 aliphatic carbocycles. The van der Waals surface area contributed by atoms with Crippen LogP contribution in [0.5, 0.6) is 0 Å². The van der Waals surface area contributed by atoms with Gasteiger partial charge in [0.05, 0.1) is 0 Å². The van der Waals surface area contributed by atoms with Crippen LogP contribution in [-0.4, -0.2) is 22.6 Å². The SMILES string of the molecule is Cc1cccc(CNC(=O)c2ccc(N3CCc4ccccc4C3)nn2)c1. The second-order valence-electron chi connectivity index (χ2n) is 6.89. The van der Waals surface area contributed by atoms with Crippen LogP contribution in [0.4, 0.5) is 5.82 Å². The Labute approximate surface area is 159 Å². The van der Waals surface area contributed by atoms with Crippen LogP contribution in [0.15, 0.2) is 60.7 Å². The van der Waals surface area contributed by atoms with Crippen molar-refractivity contribution in [2.24, 2.45) is 0 Å². The molecule has 27 heavy (non-hydrogen) atoms. The number of hydrogen-bond donors (Lipinski definition) is 1. The highest BCUT2D eigenvalue weighted by molar-refractivity contribution is 5.92. The molecule has 1 N–H and O–H groups in total. The van der Waals surface area contributed by atoms with Gasteiger partial charge in [-0.15, -0.1) is 10.2 Å². The van der Waals surface area contributed by atoms with Crippen molar-refractivity contribution < 1.29 is 4.79 Å². The summed E-state index contributed by atoms with van der Waals surface area (Å²) in [5.74, 6) is 0.597. The van der Waals surface area contributed by atoms with Crippen molar-refractivity contribution in [1.82, 2.24) is 15.5 Å². The first-order valence-corrected chi connectivity index (χ1v) is 9.18. The summed E-state index contributed by atoms with van der Waals surface area (Å²) >= 11 is 0. The average Bonchev–Trinajstić information content (AvgIpc) is 2.72. The number of aryl methyl sites for hydroxylation is 1. The number of benzene rings is 2. The van der Waals surface area contributed by atoms with E-state index in [2.05, 4.69) is 50.7 Å². The number of carbonyl (C=O) groups is 1. The molecule has 2 heterocycles. The zero-order valence-electron chi connectivity index (χ0n) is 15.4. The van der Waals surface area contributed by atoms with Gasteiger partial charge in [-0.2, -0.15) is 0 Å². The monoisotopic (exact) mass is 358 g/mol. The minimum absolute atomic E-state index is 0.209. The Morgan fingerprint density at radius 3 is 2.67 bits per heavy atom. The molecule has 0 atom stereocenters.